The number of carbonyl (C=O) groups excluding carboxylic acids is 1. The number of benzene rings is 1. The molecule has 5 heteroatoms. The Balaban J connectivity index is 1.56. The lowest BCUT2D eigenvalue weighted by atomic mass is 9.96. The summed E-state index contributed by atoms with van der Waals surface area (Å²) in [4.78, 5) is 24.3. The van der Waals surface area contributed by atoms with Crippen molar-refractivity contribution in [2.24, 2.45) is 0 Å². The molecular formula is C22H26N4O. The fourth-order valence-corrected chi connectivity index (χ4v) is 4.02. The highest BCUT2D eigenvalue weighted by atomic mass is 16.2. The van der Waals surface area contributed by atoms with Crippen molar-refractivity contribution in [2.45, 2.75) is 45.1 Å². The largest absolute Gasteiger partial charge is 0.338 e. The summed E-state index contributed by atoms with van der Waals surface area (Å²) in [7, 11) is 0. The van der Waals surface area contributed by atoms with E-state index in [0.717, 1.165) is 61.2 Å². The highest BCUT2D eigenvalue weighted by Gasteiger charge is 2.28. The molecule has 5 nitrogen and oxygen atoms in total. The Morgan fingerprint density at radius 3 is 2.96 bits per heavy atom. The number of aryl methyl sites for hydroxylation is 1. The van der Waals surface area contributed by atoms with E-state index in [2.05, 4.69) is 27.7 Å². The van der Waals surface area contributed by atoms with Gasteiger partial charge in [0.25, 0.3) is 5.91 Å². The first-order valence-electron chi connectivity index (χ1n) is 9.92. The molecule has 0 radical (unpaired) electrons. The molecule has 1 fully saturated rings. The normalized spacial score (nSPS) is 17.4. The lowest BCUT2D eigenvalue weighted by Crippen LogP contribution is -2.39. The molecule has 1 aromatic carbocycles. The molecule has 2 aromatic heterocycles. The monoisotopic (exact) mass is 362 g/mol. The van der Waals surface area contributed by atoms with E-state index in [1.54, 1.807) is 6.20 Å². The second-order valence-electron chi connectivity index (χ2n) is 7.30. The topological polar surface area (TPSA) is 51.0 Å². The third-order valence-corrected chi connectivity index (χ3v) is 5.45. The number of nitrogens with zero attached hydrogens (tertiary/aromatic N) is 4. The van der Waals surface area contributed by atoms with Gasteiger partial charge in [-0.05, 0) is 31.4 Å². The molecule has 4 rings (SSSR count). The van der Waals surface area contributed by atoms with Crippen molar-refractivity contribution in [3.63, 3.8) is 0 Å². The highest BCUT2D eigenvalue weighted by molar-refractivity contribution is 6.06. The Morgan fingerprint density at radius 2 is 2.07 bits per heavy atom. The molecule has 1 amide bonds. The van der Waals surface area contributed by atoms with Crippen molar-refractivity contribution in [1.82, 2.24) is 19.4 Å². The Kier molecular flexibility index (Phi) is 5.19. The summed E-state index contributed by atoms with van der Waals surface area (Å²) in [6, 6.07) is 9.70. The molecule has 140 valence electrons. The zero-order chi connectivity index (χ0) is 18.6. The maximum atomic E-state index is 13.3. The number of amides is 1. The molecule has 0 N–H and O–H groups in total. The van der Waals surface area contributed by atoms with Crippen LogP contribution in [0.1, 0.15) is 54.7 Å². The molecule has 1 unspecified atom stereocenters. The van der Waals surface area contributed by atoms with Crippen molar-refractivity contribution in [3.05, 3.63) is 60.3 Å². The fourth-order valence-electron chi connectivity index (χ4n) is 4.02. The Labute approximate surface area is 160 Å². The van der Waals surface area contributed by atoms with Crippen LogP contribution >= 0.6 is 0 Å². The molecule has 0 saturated carbocycles. The van der Waals surface area contributed by atoms with E-state index < -0.39 is 0 Å². The number of aromatic nitrogens is 3. The summed E-state index contributed by atoms with van der Waals surface area (Å²) < 4.78 is 2.27. The lowest BCUT2D eigenvalue weighted by molar-refractivity contribution is 0.0705. The zero-order valence-electron chi connectivity index (χ0n) is 15.8. The van der Waals surface area contributed by atoms with E-state index in [0.29, 0.717) is 5.92 Å². The first kappa shape index (κ1) is 17.7. The van der Waals surface area contributed by atoms with Crippen LogP contribution in [-0.4, -0.2) is 38.4 Å². The number of hydrogen-bond donors (Lipinski definition) is 0. The second-order valence-corrected chi connectivity index (χ2v) is 7.30. The first-order valence-corrected chi connectivity index (χ1v) is 9.92. The van der Waals surface area contributed by atoms with Crippen LogP contribution in [-0.2, 0) is 6.54 Å². The van der Waals surface area contributed by atoms with Crippen molar-refractivity contribution >= 4 is 16.8 Å². The molecule has 3 heterocycles. The minimum Gasteiger partial charge on any atom is -0.338 e. The Hall–Kier alpha value is -2.69. The quantitative estimate of drug-likeness (QED) is 0.682. The van der Waals surface area contributed by atoms with Crippen LogP contribution in [0.2, 0.25) is 0 Å². The van der Waals surface area contributed by atoms with Gasteiger partial charge >= 0.3 is 0 Å². The van der Waals surface area contributed by atoms with E-state index in [1.165, 1.54) is 6.42 Å². The fraction of sp³-hybridized carbons (Fsp3) is 0.409. The standard InChI is InChI=1S/C22H26N4O/c1-2-3-13-25-15-12-24-21(25)17-7-6-14-26(16-17)22(27)19-10-11-23-20-9-5-4-8-18(19)20/h4-5,8-12,15,17H,2-3,6-7,13-14,16H2,1H3. The number of pyridine rings is 1. The lowest BCUT2D eigenvalue weighted by Gasteiger charge is -2.33. The molecule has 1 aliphatic heterocycles. The van der Waals surface area contributed by atoms with Crippen molar-refractivity contribution < 1.29 is 4.79 Å². The van der Waals surface area contributed by atoms with E-state index in [1.807, 2.05) is 41.4 Å². The van der Waals surface area contributed by atoms with Crippen molar-refractivity contribution in [1.29, 1.82) is 0 Å². The minimum absolute atomic E-state index is 0.102. The smallest absolute Gasteiger partial charge is 0.254 e. The van der Waals surface area contributed by atoms with Gasteiger partial charge in [0.1, 0.15) is 5.82 Å². The molecule has 3 aromatic rings. The number of fused-ring (bicyclic) bond motifs is 1. The number of hydrogen-bond acceptors (Lipinski definition) is 3. The third kappa shape index (κ3) is 3.59. The van der Waals surface area contributed by atoms with Crippen LogP contribution in [0.3, 0.4) is 0 Å². The summed E-state index contributed by atoms with van der Waals surface area (Å²) >= 11 is 0. The summed E-state index contributed by atoms with van der Waals surface area (Å²) in [5.41, 5.74) is 1.61. The molecule has 0 aliphatic carbocycles. The van der Waals surface area contributed by atoms with Gasteiger partial charge < -0.3 is 9.47 Å². The number of rotatable bonds is 5. The van der Waals surface area contributed by atoms with Gasteiger partial charge in [-0.15, -0.1) is 0 Å². The molecular weight excluding hydrogens is 336 g/mol. The number of para-hydroxylation sites is 1. The number of likely N-dealkylation sites (tertiary alicyclic amines) is 1. The van der Waals surface area contributed by atoms with Gasteiger partial charge in [0.15, 0.2) is 0 Å². The number of piperidine rings is 1. The van der Waals surface area contributed by atoms with Crippen LogP contribution in [0.4, 0.5) is 0 Å². The van der Waals surface area contributed by atoms with E-state index >= 15 is 0 Å². The van der Waals surface area contributed by atoms with E-state index in [9.17, 15) is 4.79 Å². The number of imidazole rings is 1. The van der Waals surface area contributed by atoms with Gasteiger partial charge in [0.2, 0.25) is 0 Å². The predicted octanol–water partition coefficient (Wildman–Crippen LogP) is 4.25. The molecule has 1 aliphatic rings. The molecule has 1 saturated heterocycles. The number of unbranched alkanes of at least 4 members (excludes halogenated alkanes) is 1. The van der Waals surface area contributed by atoms with Crippen LogP contribution in [0, 0.1) is 0 Å². The summed E-state index contributed by atoms with van der Waals surface area (Å²) in [6.07, 6.45) is 10.1. The number of carbonyl (C=O) groups is 1. The first-order chi connectivity index (χ1) is 13.3. The summed E-state index contributed by atoms with van der Waals surface area (Å²) in [5, 5.41) is 0.927. The van der Waals surface area contributed by atoms with Crippen LogP contribution in [0.25, 0.3) is 10.9 Å². The second kappa shape index (κ2) is 7.91. The molecule has 27 heavy (non-hydrogen) atoms. The minimum atomic E-state index is 0.102. The molecule has 0 bridgehead atoms. The van der Waals surface area contributed by atoms with Gasteiger partial charge in [-0.2, -0.15) is 0 Å². The Morgan fingerprint density at radius 1 is 1.19 bits per heavy atom. The molecule has 0 spiro atoms. The maximum absolute atomic E-state index is 13.3. The van der Waals surface area contributed by atoms with Crippen molar-refractivity contribution in [2.75, 3.05) is 13.1 Å². The van der Waals surface area contributed by atoms with Crippen molar-refractivity contribution in [3.8, 4) is 0 Å². The molecule has 1 atom stereocenters. The van der Waals surface area contributed by atoms with Crippen LogP contribution in [0.5, 0.6) is 0 Å². The third-order valence-electron chi connectivity index (χ3n) is 5.45. The van der Waals surface area contributed by atoms with Gasteiger partial charge in [-0.25, -0.2) is 4.98 Å². The van der Waals surface area contributed by atoms with Gasteiger partial charge in [0.05, 0.1) is 11.1 Å². The van der Waals surface area contributed by atoms with Gasteiger partial charge in [0, 0.05) is 49.5 Å². The van der Waals surface area contributed by atoms with E-state index in [4.69, 9.17) is 0 Å². The van der Waals surface area contributed by atoms with Crippen LogP contribution in [0.15, 0.2) is 48.9 Å². The van der Waals surface area contributed by atoms with Crippen LogP contribution < -0.4 is 0 Å². The van der Waals surface area contributed by atoms with Gasteiger partial charge in [-0.1, -0.05) is 31.5 Å². The maximum Gasteiger partial charge on any atom is 0.254 e. The zero-order valence-corrected chi connectivity index (χ0v) is 15.8. The van der Waals surface area contributed by atoms with Gasteiger partial charge in [-0.3, -0.25) is 9.78 Å². The average molecular weight is 362 g/mol. The highest BCUT2D eigenvalue weighted by Crippen LogP contribution is 2.28. The SMILES string of the molecule is CCCCn1ccnc1C1CCCN(C(=O)c2ccnc3ccccc23)C1. The predicted molar refractivity (Wildman–Crippen MR) is 107 cm³/mol. The summed E-state index contributed by atoms with van der Waals surface area (Å²) in [5.74, 6) is 1.54. The van der Waals surface area contributed by atoms with E-state index in [-0.39, 0.29) is 5.91 Å². The summed E-state index contributed by atoms with van der Waals surface area (Å²) in [6.45, 7) is 4.75. The Bertz CT molecular complexity index is 927. The average Bonchev–Trinajstić information content (AvgIpc) is 3.20.